The van der Waals surface area contributed by atoms with Gasteiger partial charge in [-0.3, -0.25) is 4.79 Å². The van der Waals surface area contributed by atoms with Crippen molar-refractivity contribution in [2.75, 3.05) is 6.61 Å². The summed E-state index contributed by atoms with van der Waals surface area (Å²) in [5.74, 6) is -0.0868. The molecular formula is C13H14ClNO2S. The average Bonchev–Trinajstić information content (AvgIpc) is 2.71. The molecule has 1 heterocycles. The van der Waals surface area contributed by atoms with Gasteiger partial charge in [-0.25, -0.2) is 0 Å². The van der Waals surface area contributed by atoms with E-state index in [0.29, 0.717) is 11.4 Å². The third-order valence-electron chi connectivity index (χ3n) is 2.65. The Morgan fingerprint density at radius 1 is 1.56 bits per heavy atom. The Morgan fingerprint density at radius 3 is 3.06 bits per heavy atom. The van der Waals surface area contributed by atoms with Crippen LogP contribution in [0.5, 0.6) is 0 Å². The smallest absolute Gasteiger partial charge is 0.224 e. The molecule has 18 heavy (non-hydrogen) atoms. The van der Waals surface area contributed by atoms with Gasteiger partial charge in [-0.1, -0.05) is 11.6 Å². The highest BCUT2D eigenvalue weighted by atomic mass is 35.5. The number of aliphatic hydroxyl groups excluding tert-OH is 1. The largest absolute Gasteiger partial charge is 0.394 e. The topological polar surface area (TPSA) is 49.3 Å². The predicted octanol–water partition coefficient (Wildman–Crippen LogP) is 2.59. The predicted molar refractivity (Wildman–Crippen MR) is 75.2 cm³/mol. The van der Waals surface area contributed by atoms with E-state index in [9.17, 15) is 4.79 Å². The van der Waals surface area contributed by atoms with E-state index in [0.717, 1.165) is 15.6 Å². The van der Waals surface area contributed by atoms with Gasteiger partial charge in [0.15, 0.2) is 0 Å². The van der Waals surface area contributed by atoms with Crippen molar-refractivity contribution < 1.29 is 9.90 Å². The van der Waals surface area contributed by atoms with Gasteiger partial charge in [-0.2, -0.15) is 0 Å². The molecule has 96 valence electrons. The molecule has 0 aliphatic rings. The Bertz CT molecular complexity index is 567. The van der Waals surface area contributed by atoms with Crippen molar-refractivity contribution in [2.24, 2.45) is 0 Å². The third kappa shape index (κ3) is 3.02. The van der Waals surface area contributed by atoms with E-state index >= 15 is 0 Å². The molecule has 2 N–H and O–H groups in total. The van der Waals surface area contributed by atoms with Crippen molar-refractivity contribution in [3.63, 3.8) is 0 Å². The molecule has 1 aromatic carbocycles. The zero-order chi connectivity index (χ0) is 13.1. The molecule has 0 fully saturated rings. The maximum absolute atomic E-state index is 11.8. The zero-order valence-electron chi connectivity index (χ0n) is 9.94. The van der Waals surface area contributed by atoms with Crippen LogP contribution in [0.15, 0.2) is 23.6 Å². The van der Waals surface area contributed by atoms with Crippen LogP contribution in [0.25, 0.3) is 10.1 Å². The highest BCUT2D eigenvalue weighted by molar-refractivity contribution is 7.17. The number of carbonyl (C=O) groups is 1. The van der Waals surface area contributed by atoms with Crippen LogP contribution in [0.1, 0.15) is 12.5 Å². The first-order valence-electron chi connectivity index (χ1n) is 5.66. The van der Waals surface area contributed by atoms with Crippen LogP contribution in [0.2, 0.25) is 5.02 Å². The number of thiophene rings is 1. The van der Waals surface area contributed by atoms with Gasteiger partial charge in [0.2, 0.25) is 5.91 Å². The molecule has 1 aromatic heterocycles. The number of fused-ring (bicyclic) bond motifs is 1. The molecule has 0 radical (unpaired) electrons. The minimum Gasteiger partial charge on any atom is -0.394 e. The van der Waals surface area contributed by atoms with E-state index in [1.807, 2.05) is 23.6 Å². The number of amides is 1. The molecule has 0 aliphatic carbocycles. The lowest BCUT2D eigenvalue weighted by atomic mass is 10.1. The lowest BCUT2D eigenvalue weighted by molar-refractivity contribution is -0.121. The Morgan fingerprint density at radius 2 is 2.33 bits per heavy atom. The first kappa shape index (κ1) is 13.3. The third-order valence-corrected chi connectivity index (χ3v) is 3.90. The second-order valence-corrected chi connectivity index (χ2v) is 5.58. The maximum atomic E-state index is 11.8. The number of aliphatic hydroxyl groups is 1. The summed E-state index contributed by atoms with van der Waals surface area (Å²) in [5, 5.41) is 15.3. The summed E-state index contributed by atoms with van der Waals surface area (Å²) in [7, 11) is 0. The summed E-state index contributed by atoms with van der Waals surface area (Å²) in [6.45, 7) is 1.71. The van der Waals surface area contributed by atoms with Gasteiger partial charge in [-0.15, -0.1) is 11.3 Å². The van der Waals surface area contributed by atoms with E-state index in [4.69, 9.17) is 16.7 Å². The van der Waals surface area contributed by atoms with Gasteiger partial charge in [0.05, 0.1) is 13.0 Å². The summed E-state index contributed by atoms with van der Waals surface area (Å²) in [6, 6.07) is 5.47. The van der Waals surface area contributed by atoms with Gasteiger partial charge < -0.3 is 10.4 Å². The zero-order valence-corrected chi connectivity index (χ0v) is 11.5. The number of hydrogen-bond donors (Lipinski definition) is 2. The number of carbonyl (C=O) groups excluding carboxylic acids is 1. The Kier molecular flexibility index (Phi) is 4.22. The van der Waals surface area contributed by atoms with Gasteiger partial charge in [0.1, 0.15) is 0 Å². The first-order valence-corrected chi connectivity index (χ1v) is 6.91. The second-order valence-electron chi connectivity index (χ2n) is 4.23. The summed E-state index contributed by atoms with van der Waals surface area (Å²) in [6.07, 6.45) is 0.310. The van der Waals surface area contributed by atoms with Crippen molar-refractivity contribution in [1.29, 1.82) is 0 Å². The number of nitrogens with one attached hydrogen (secondary N) is 1. The van der Waals surface area contributed by atoms with Crippen molar-refractivity contribution in [3.8, 4) is 0 Å². The molecule has 2 rings (SSSR count). The molecular weight excluding hydrogens is 270 g/mol. The van der Waals surface area contributed by atoms with Crippen molar-refractivity contribution in [1.82, 2.24) is 5.32 Å². The molecule has 0 saturated heterocycles. The van der Waals surface area contributed by atoms with Crippen molar-refractivity contribution in [2.45, 2.75) is 19.4 Å². The molecule has 1 atom stereocenters. The van der Waals surface area contributed by atoms with Gasteiger partial charge in [-0.05, 0) is 41.5 Å². The minimum absolute atomic E-state index is 0.0536. The Labute approximate surface area is 114 Å². The number of hydrogen-bond acceptors (Lipinski definition) is 3. The average molecular weight is 284 g/mol. The van der Waals surface area contributed by atoms with Crippen LogP contribution in [-0.4, -0.2) is 23.7 Å². The molecule has 0 bridgehead atoms. The van der Waals surface area contributed by atoms with E-state index in [-0.39, 0.29) is 18.6 Å². The number of rotatable bonds is 4. The van der Waals surface area contributed by atoms with Crippen LogP contribution in [0.4, 0.5) is 0 Å². The molecule has 0 spiro atoms. The summed E-state index contributed by atoms with van der Waals surface area (Å²) >= 11 is 7.56. The number of halogens is 1. The lowest BCUT2D eigenvalue weighted by Crippen LogP contribution is -2.35. The molecule has 5 heteroatoms. The van der Waals surface area contributed by atoms with Crippen LogP contribution in [0.3, 0.4) is 0 Å². The van der Waals surface area contributed by atoms with Gasteiger partial charge in [0.25, 0.3) is 0 Å². The van der Waals surface area contributed by atoms with E-state index in [1.54, 1.807) is 18.3 Å². The maximum Gasteiger partial charge on any atom is 0.224 e. The molecule has 0 saturated carbocycles. The minimum atomic E-state index is -0.217. The molecule has 1 amide bonds. The summed E-state index contributed by atoms with van der Waals surface area (Å²) in [5.41, 5.74) is 0.972. The standard InChI is InChI=1S/C13H14ClNO2S/c1-8(6-16)15-13(17)4-9-7-18-12-3-2-10(14)5-11(9)12/h2-3,5,7-8,16H,4,6H2,1H3,(H,15,17). The number of benzene rings is 1. The van der Waals surface area contributed by atoms with E-state index in [2.05, 4.69) is 5.32 Å². The molecule has 3 nitrogen and oxygen atoms in total. The van der Waals surface area contributed by atoms with Crippen LogP contribution in [0, 0.1) is 0 Å². The summed E-state index contributed by atoms with van der Waals surface area (Å²) in [4.78, 5) is 11.8. The van der Waals surface area contributed by atoms with Crippen LogP contribution >= 0.6 is 22.9 Å². The monoisotopic (exact) mass is 283 g/mol. The lowest BCUT2D eigenvalue weighted by Gasteiger charge is -2.10. The van der Waals surface area contributed by atoms with E-state index in [1.165, 1.54) is 0 Å². The van der Waals surface area contributed by atoms with Crippen molar-refractivity contribution >= 4 is 38.9 Å². The fourth-order valence-electron chi connectivity index (χ4n) is 1.74. The van der Waals surface area contributed by atoms with Crippen LogP contribution in [-0.2, 0) is 11.2 Å². The Balaban J connectivity index is 2.16. The quantitative estimate of drug-likeness (QED) is 0.906. The first-order chi connectivity index (χ1) is 8.60. The Hall–Kier alpha value is -1.10. The second kappa shape index (κ2) is 5.69. The fourth-order valence-corrected chi connectivity index (χ4v) is 2.85. The molecule has 0 aliphatic heterocycles. The highest BCUT2D eigenvalue weighted by Gasteiger charge is 2.11. The highest BCUT2D eigenvalue weighted by Crippen LogP contribution is 2.28. The SMILES string of the molecule is CC(CO)NC(=O)Cc1csc2ccc(Cl)cc12. The molecule has 1 unspecified atom stereocenters. The van der Waals surface area contributed by atoms with Gasteiger partial charge >= 0.3 is 0 Å². The fraction of sp³-hybridized carbons (Fsp3) is 0.308. The van der Waals surface area contributed by atoms with Crippen molar-refractivity contribution in [3.05, 3.63) is 34.2 Å². The normalized spacial score (nSPS) is 12.6. The van der Waals surface area contributed by atoms with Crippen LogP contribution < -0.4 is 5.32 Å². The van der Waals surface area contributed by atoms with E-state index < -0.39 is 0 Å². The molecule has 2 aromatic rings. The van der Waals surface area contributed by atoms with Gasteiger partial charge in [0, 0.05) is 15.8 Å². The summed E-state index contributed by atoms with van der Waals surface area (Å²) < 4.78 is 1.12.